The molecule has 0 amide bonds. The lowest BCUT2D eigenvalue weighted by molar-refractivity contribution is -0.139. The summed E-state index contributed by atoms with van der Waals surface area (Å²) in [5.41, 5.74) is 1.19. The molecule has 0 N–H and O–H groups in total. The first-order valence-electron chi connectivity index (χ1n) is 8.23. The summed E-state index contributed by atoms with van der Waals surface area (Å²) in [4.78, 5) is 12.3. The molecule has 22 heavy (non-hydrogen) atoms. The van der Waals surface area contributed by atoms with Crippen LogP contribution >= 0.6 is 0 Å². The second-order valence-electron chi connectivity index (χ2n) is 6.78. The van der Waals surface area contributed by atoms with Gasteiger partial charge in [0.1, 0.15) is 0 Å². The van der Waals surface area contributed by atoms with Gasteiger partial charge >= 0.3 is 5.97 Å². The Balaban J connectivity index is 2.90. The maximum atomic E-state index is 12.3. The maximum Gasteiger partial charge on any atom is 0.314 e. The van der Waals surface area contributed by atoms with Crippen molar-refractivity contribution >= 4 is 5.97 Å². The fourth-order valence-corrected chi connectivity index (χ4v) is 2.35. The number of methoxy groups -OCH3 is 1. The van der Waals surface area contributed by atoms with Gasteiger partial charge in [0.2, 0.25) is 0 Å². The van der Waals surface area contributed by atoms with Gasteiger partial charge in [-0.3, -0.25) is 4.79 Å². The minimum absolute atomic E-state index is 0.0307. The number of hydrogen-bond donors (Lipinski definition) is 0. The second kappa shape index (κ2) is 8.21. The van der Waals surface area contributed by atoms with E-state index < -0.39 is 0 Å². The van der Waals surface area contributed by atoms with Crippen LogP contribution in [0.4, 0.5) is 0 Å². The number of esters is 1. The van der Waals surface area contributed by atoms with E-state index in [4.69, 9.17) is 9.47 Å². The molecule has 1 aromatic rings. The van der Waals surface area contributed by atoms with Crippen LogP contribution < -0.4 is 9.47 Å². The van der Waals surface area contributed by atoms with Crippen LogP contribution in [-0.4, -0.2) is 13.1 Å². The van der Waals surface area contributed by atoms with Gasteiger partial charge < -0.3 is 9.47 Å². The average Bonchev–Trinajstić information content (AvgIpc) is 2.47. The van der Waals surface area contributed by atoms with Crippen molar-refractivity contribution in [2.45, 2.75) is 65.7 Å². The molecule has 3 heteroatoms. The number of rotatable bonds is 7. The summed E-state index contributed by atoms with van der Waals surface area (Å²) in [6.07, 6.45) is 3.83. The molecule has 0 saturated heterocycles. The van der Waals surface area contributed by atoms with Crippen LogP contribution in [0.15, 0.2) is 18.2 Å². The molecular weight excluding hydrogens is 276 g/mol. The van der Waals surface area contributed by atoms with Crippen molar-refractivity contribution in [2.75, 3.05) is 7.11 Å². The van der Waals surface area contributed by atoms with Gasteiger partial charge in [-0.2, -0.15) is 0 Å². The Morgan fingerprint density at radius 1 is 1.18 bits per heavy atom. The van der Waals surface area contributed by atoms with Crippen molar-refractivity contribution in [3.05, 3.63) is 23.8 Å². The van der Waals surface area contributed by atoms with Gasteiger partial charge in [0.25, 0.3) is 0 Å². The molecule has 0 radical (unpaired) electrons. The predicted octanol–water partition coefficient (Wildman–Crippen LogP) is 5.11. The lowest BCUT2D eigenvalue weighted by Crippen LogP contribution is -2.20. The largest absolute Gasteiger partial charge is 0.493 e. The van der Waals surface area contributed by atoms with Crippen LogP contribution in [-0.2, 0) is 10.2 Å². The van der Waals surface area contributed by atoms with E-state index in [9.17, 15) is 4.79 Å². The Bertz CT molecular complexity index is 486. The maximum absolute atomic E-state index is 12.3. The van der Waals surface area contributed by atoms with Gasteiger partial charge in [0.05, 0.1) is 13.0 Å². The van der Waals surface area contributed by atoms with Crippen molar-refractivity contribution in [3.63, 3.8) is 0 Å². The highest BCUT2D eigenvalue weighted by Gasteiger charge is 2.21. The molecule has 0 aliphatic heterocycles. The van der Waals surface area contributed by atoms with Crippen LogP contribution in [0, 0.1) is 5.92 Å². The van der Waals surface area contributed by atoms with E-state index in [0.717, 1.165) is 31.2 Å². The van der Waals surface area contributed by atoms with E-state index in [1.807, 2.05) is 25.1 Å². The average molecular weight is 306 g/mol. The first-order chi connectivity index (χ1) is 10.3. The molecule has 3 nitrogen and oxygen atoms in total. The third kappa shape index (κ3) is 5.04. The number of benzene rings is 1. The molecule has 0 saturated carbocycles. The summed E-state index contributed by atoms with van der Waals surface area (Å²) in [7, 11) is 1.60. The highest BCUT2D eigenvalue weighted by atomic mass is 16.6. The molecule has 0 heterocycles. The summed E-state index contributed by atoms with van der Waals surface area (Å²) < 4.78 is 11.0. The van der Waals surface area contributed by atoms with Crippen LogP contribution in [0.1, 0.15) is 65.9 Å². The van der Waals surface area contributed by atoms with Crippen molar-refractivity contribution < 1.29 is 14.3 Å². The molecule has 1 unspecified atom stereocenters. The van der Waals surface area contributed by atoms with E-state index in [0.29, 0.717) is 11.5 Å². The standard InChI is InChI=1S/C19H30O3/c1-7-9-10-14(8-2)18(20)22-16-12-11-15(19(3,4)5)13-17(16)21-6/h11-14H,7-10H2,1-6H3. The van der Waals surface area contributed by atoms with Crippen LogP contribution in [0.25, 0.3) is 0 Å². The second-order valence-corrected chi connectivity index (χ2v) is 6.78. The highest BCUT2D eigenvalue weighted by Crippen LogP contribution is 2.33. The fraction of sp³-hybridized carbons (Fsp3) is 0.632. The Kier molecular flexibility index (Phi) is 6.92. The number of hydrogen-bond acceptors (Lipinski definition) is 3. The number of carbonyl (C=O) groups is 1. The summed E-state index contributed by atoms with van der Waals surface area (Å²) in [6.45, 7) is 10.6. The van der Waals surface area contributed by atoms with Gasteiger partial charge in [0, 0.05) is 0 Å². The molecule has 0 fully saturated rings. The molecule has 0 aliphatic carbocycles. The first kappa shape index (κ1) is 18.5. The molecule has 0 aromatic heterocycles. The third-order valence-electron chi connectivity index (χ3n) is 3.97. The molecule has 1 aromatic carbocycles. The van der Waals surface area contributed by atoms with Gasteiger partial charge in [-0.15, -0.1) is 0 Å². The van der Waals surface area contributed by atoms with Crippen molar-refractivity contribution in [1.29, 1.82) is 0 Å². The van der Waals surface area contributed by atoms with E-state index in [1.54, 1.807) is 7.11 Å². The Morgan fingerprint density at radius 3 is 2.36 bits per heavy atom. The van der Waals surface area contributed by atoms with Crippen molar-refractivity contribution in [1.82, 2.24) is 0 Å². The monoisotopic (exact) mass is 306 g/mol. The lowest BCUT2D eigenvalue weighted by Gasteiger charge is -2.21. The summed E-state index contributed by atoms with van der Waals surface area (Å²) in [5, 5.41) is 0. The smallest absolute Gasteiger partial charge is 0.314 e. The summed E-state index contributed by atoms with van der Waals surface area (Å²) in [6, 6.07) is 5.79. The zero-order valence-electron chi connectivity index (χ0n) is 14.9. The molecule has 0 spiro atoms. The number of unbranched alkanes of at least 4 members (excludes halogenated alkanes) is 1. The molecule has 1 rings (SSSR count). The topological polar surface area (TPSA) is 35.5 Å². The molecule has 1 atom stereocenters. The fourth-order valence-electron chi connectivity index (χ4n) is 2.35. The SMILES string of the molecule is CCCCC(CC)C(=O)Oc1ccc(C(C)(C)C)cc1OC. The van der Waals surface area contributed by atoms with Gasteiger partial charge in [-0.25, -0.2) is 0 Å². The van der Waals surface area contributed by atoms with Gasteiger partial charge in [0.15, 0.2) is 11.5 Å². The minimum Gasteiger partial charge on any atom is -0.493 e. The Hall–Kier alpha value is -1.51. The van der Waals surface area contributed by atoms with Crippen LogP contribution in [0.2, 0.25) is 0 Å². The molecular formula is C19H30O3. The molecule has 0 aliphatic rings. The third-order valence-corrected chi connectivity index (χ3v) is 3.97. The lowest BCUT2D eigenvalue weighted by atomic mass is 9.87. The van der Waals surface area contributed by atoms with Crippen LogP contribution in [0.3, 0.4) is 0 Å². The quantitative estimate of drug-likeness (QED) is 0.518. The van der Waals surface area contributed by atoms with Gasteiger partial charge in [-0.1, -0.05) is 53.5 Å². The van der Waals surface area contributed by atoms with Crippen molar-refractivity contribution in [3.8, 4) is 11.5 Å². The Morgan fingerprint density at radius 2 is 1.86 bits per heavy atom. The van der Waals surface area contributed by atoms with Crippen LogP contribution in [0.5, 0.6) is 11.5 Å². The molecule has 124 valence electrons. The number of ether oxygens (including phenoxy) is 2. The van der Waals surface area contributed by atoms with E-state index in [-0.39, 0.29) is 17.3 Å². The highest BCUT2D eigenvalue weighted by molar-refractivity contribution is 5.75. The minimum atomic E-state index is -0.155. The summed E-state index contributed by atoms with van der Waals surface area (Å²) in [5.74, 6) is 0.936. The van der Waals surface area contributed by atoms with E-state index >= 15 is 0 Å². The zero-order chi connectivity index (χ0) is 16.8. The number of carbonyl (C=O) groups excluding carboxylic acids is 1. The van der Waals surface area contributed by atoms with E-state index in [2.05, 4.69) is 27.7 Å². The van der Waals surface area contributed by atoms with Gasteiger partial charge in [-0.05, 0) is 36.0 Å². The van der Waals surface area contributed by atoms with Crippen molar-refractivity contribution in [2.24, 2.45) is 5.92 Å². The summed E-state index contributed by atoms with van der Waals surface area (Å²) >= 11 is 0. The first-order valence-corrected chi connectivity index (χ1v) is 8.23. The predicted molar refractivity (Wildman–Crippen MR) is 90.6 cm³/mol. The molecule has 0 bridgehead atoms. The zero-order valence-corrected chi connectivity index (χ0v) is 14.9. The Labute approximate surface area is 135 Å². The normalized spacial score (nSPS) is 12.8. The van der Waals surface area contributed by atoms with E-state index in [1.165, 1.54) is 0 Å².